The molecule has 0 bridgehead atoms. The third-order valence-electron chi connectivity index (χ3n) is 1.07. The Bertz CT molecular complexity index is 568. The second-order valence-electron chi connectivity index (χ2n) is 2.88. The molecule has 0 aliphatic rings. The number of phosphoric acid groups is 3. The molecule has 21 heavy (non-hydrogen) atoms. The number of hydrogen-bond donors (Lipinski definition) is 6. The van der Waals surface area contributed by atoms with E-state index < -0.39 is 23.5 Å². The molecule has 0 aliphatic carbocycles. The van der Waals surface area contributed by atoms with Gasteiger partial charge in [-0.2, -0.15) is 8.62 Å². The molecule has 1 heterocycles. The summed E-state index contributed by atoms with van der Waals surface area (Å²) in [5, 5.41) is 0. The van der Waals surface area contributed by atoms with E-state index in [1.54, 1.807) is 12.3 Å². The summed E-state index contributed by atoms with van der Waals surface area (Å²) in [4.78, 5) is 47.8. The predicted molar refractivity (Wildman–Crippen MR) is 67.9 cm³/mol. The van der Waals surface area contributed by atoms with Gasteiger partial charge < -0.3 is 24.5 Å². The maximum atomic E-state index is 10.4. The SMILES string of the molecule is Nc1ccnc([Se])n1.O=P(O)(O)OP(=O)(O)OP(=O)(O)O. The number of aromatic nitrogens is 2. The summed E-state index contributed by atoms with van der Waals surface area (Å²) in [5.74, 6) is 0.494. The number of nitrogen functional groups attached to an aromatic ring is 1. The third kappa shape index (κ3) is 13.2. The molecule has 0 fully saturated rings. The van der Waals surface area contributed by atoms with E-state index in [4.69, 9.17) is 30.2 Å². The van der Waals surface area contributed by atoms with Crippen molar-refractivity contribution < 1.29 is 46.8 Å². The summed E-state index contributed by atoms with van der Waals surface area (Å²) in [7, 11) is -16.2. The maximum absolute atomic E-state index is 10.4. The Kier molecular flexibility index (Phi) is 7.82. The third-order valence-corrected chi connectivity index (χ3v) is 4.84. The van der Waals surface area contributed by atoms with E-state index in [-0.39, 0.29) is 0 Å². The Balaban J connectivity index is 0.000000423. The minimum atomic E-state index is -5.46. The van der Waals surface area contributed by atoms with Crippen molar-refractivity contribution in [3.63, 3.8) is 0 Å². The first kappa shape index (κ1) is 20.8. The Hall–Kier alpha value is -0.191. The zero-order chi connectivity index (χ0) is 16.9. The summed E-state index contributed by atoms with van der Waals surface area (Å²) in [5.41, 5.74) is 5.29. The van der Waals surface area contributed by atoms with Gasteiger partial charge >= 0.3 is 78.0 Å². The van der Waals surface area contributed by atoms with Crippen LogP contribution in [0.15, 0.2) is 12.3 Å². The van der Waals surface area contributed by atoms with Gasteiger partial charge in [0, 0.05) is 0 Å². The summed E-state index contributed by atoms with van der Waals surface area (Å²) in [6.07, 6.45) is 1.61. The summed E-state index contributed by atoms with van der Waals surface area (Å²) in [6.45, 7) is 0. The van der Waals surface area contributed by atoms with E-state index in [0.717, 1.165) is 0 Å². The molecule has 0 saturated heterocycles. The molecular formula is C4H9N3O10P3Se. The number of rotatable bonds is 4. The zero-order valence-electron chi connectivity index (χ0n) is 9.65. The van der Waals surface area contributed by atoms with Crippen molar-refractivity contribution in [2.45, 2.75) is 0 Å². The smallest absolute Gasteiger partial charge is 0.302 e. The second kappa shape index (κ2) is 7.89. The number of hydrogen-bond acceptors (Lipinski definition) is 8. The van der Waals surface area contributed by atoms with Crippen molar-refractivity contribution in [2.75, 3.05) is 5.73 Å². The van der Waals surface area contributed by atoms with Gasteiger partial charge in [-0.1, -0.05) is 0 Å². The fourth-order valence-corrected chi connectivity index (χ4v) is 3.52. The zero-order valence-corrected chi connectivity index (χ0v) is 14.1. The van der Waals surface area contributed by atoms with Crippen LogP contribution in [0.2, 0.25) is 0 Å². The standard InChI is InChI=1S/C4H4N3Se.H5O10P3/c5-3-1-2-6-4(8)7-3;1-11(2,3)9-13(7,8)10-12(4,5)6/h1-2H,(H2,5,6,7);(H,7,8)(H2,1,2,3)(H2,4,5,6). The van der Waals surface area contributed by atoms with E-state index in [1.807, 2.05) is 0 Å². The average Bonchev–Trinajstić information content (AvgIpc) is 2.08. The largest absolute Gasteiger partial charge is 0.490 e. The van der Waals surface area contributed by atoms with Crippen molar-refractivity contribution in [1.82, 2.24) is 9.97 Å². The Morgan fingerprint density at radius 3 is 1.71 bits per heavy atom. The first-order valence-electron chi connectivity index (χ1n) is 4.32. The van der Waals surface area contributed by atoms with Crippen LogP contribution in [-0.4, -0.2) is 50.4 Å². The average molecular weight is 431 g/mol. The normalized spacial score (nSPS) is 12.4. The molecule has 17 heteroatoms. The molecule has 0 atom stereocenters. The van der Waals surface area contributed by atoms with Crippen molar-refractivity contribution in [3.8, 4) is 0 Å². The van der Waals surface area contributed by atoms with Gasteiger partial charge in [-0.15, -0.1) is 0 Å². The number of nitrogens with two attached hydrogens (primary N) is 1. The van der Waals surface area contributed by atoms with Crippen molar-refractivity contribution in [3.05, 3.63) is 12.3 Å². The molecule has 1 aromatic heterocycles. The molecular weight excluding hydrogens is 422 g/mol. The Labute approximate surface area is 125 Å². The van der Waals surface area contributed by atoms with Gasteiger partial charge in [-0.3, -0.25) is 0 Å². The monoisotopic (exact) mass is 432 g/mol. The molecule has 1 rings (SSSR count). The topological polar surface area (TPSA) is 223 Å². The van der Waals surface area contributed by atoms with E-state index in [2.05, 4.69) is 34.6 Å². The minimum absolute atomic E-state index is 0.494. The van der Waals surface area contributed by atoms with Crippen molar-refractivity contribution in [1.29, 1.82) is 0 Å². The van der Waals surface area contributed by atoms with Crippen LogP contribution in [0.3, 0.4) is 0 Å². The van der Waals surface area contributed by atoms with Gasteiger partial charge in [-0.25, -0.2) is 13.7 Å². The van der Waals surface area contributed by atoms with Crippen LogP contribution in [-0.2, 0) is 22.3 Å². The van der Waals surface area contributed by atoms with Crippen LogP contribution in [0.1, 0.15) is 0 Å². The molecule has 0 amide bonds. The molecule has 1 radical (unpaired) electrons. The molecule has 121 valence electrons. The molecule has 0 aromatic carbocycles. The summed E-state index contributed by atoms with van der Waals surface area (Å²) in [6, 6.07) is 1.64. The predicted octanol–water partition coefficient (Wildman–Crippen LogP) is -1.84. The number of nitrogens with zero attached hydrogens (tertiary/aromatic N) is 2. The van der Waals surface area contributed by atoms with Gasteiger partial charge in [0.25, 0.3) is 0 Å². The minimum Gasteiger partial charge on any atom is -0.302 e. The molecule has 1 aromatic rings. The van der Waals surface area contributed by atoms with Gasteiger partial charge in [0.1, 0.15) is 0 Å². The van der Waals surface area contributed by atoms with E-state index in [0.29, 0.717) is 10.5 Å². The van der Waals surface area contributed by atoms with E-state index in [9.17, 15) is 13.7 Å². The van der Waals surface area contributed by atoms with Crippen LogP contribution < -0.4 is 10.5 Å². The Morgan fingerprint density at radius 1 is 1.05 bits per heavy atom. The van der Waals surface area contributed by atoms with Gasteiger partial charge in [0.2, 0.25) is 0 Å². The molecule has 0 saturated carbocycles. The maximum Gasteiger partial charge on any atom is 0.490 e. The number of anilines is 1. The van der Waals surface area contributed by atoms with Crippen LogP contribution in [0.25, 0.3) is 0 Å². The molecule has 13 nitrogen and oxygen atoms in total. The van der Waals surface area contributed by atoms with Gasteiger partial charge in [-0.05, 0) is 0 Å². The van der Waals surface area contributed by atoms with E-state index >= 15 is 0 Å². The quantitative estimate of drug-likeness (QED) is 0.228. The van der Waals surface area contributed by atoms with Gasteiger partial charge in [0.05, 0.1) is 0 Å². The van der Waals surface area contributed by atoms with Crippen LogP contribution >= 0.6 is 23.5 Å². The molecule has 0 aliphatic heterocycles. The molecule has 0 spiro atoms. The van der Waals surface area contributed by atoms with Gasteiger partial charge in [0.15, 0.2) is 0 Å². The Morgan fingerprint density at radius 2 is 1.48 bits per heavy atom. The second-order valence-corrected chi connectivity index (χ2v) is 7.85. The first-order chi connectivity index (χ1) is 9.20. The summed E-state index contributed by atoms with van der Waals surface area (Å²) >= 11 is 2.64. The van der Waals surface area contributed by atoms with E-state index in [1.165, 1.54) is 0 Å². The van der Waals surface area contributed by atoms with Crippen LogP contribution in [0.5, 0.6) is 0 Å². The fourth-order valence-electron chi connectivity index (χ4n) is 0.638. The van der Waals surface area contributed by atoms with Crippen LogP contribution in [0.4, 0.5) is 5.82 Å². The fraction of sp³-hybridized carbons (Fsp3) is 0. The summed E-state index contributed by atoms with van der Waals surface area (Å²) < 4.78 is 37.0. The molecule has 7 N–H and O–H groups in total. The van der Waals surface area contributed by atoms with Crippen molar-refractivity contribution >= 4 is 50.0 Å². The van der Waals surface area contributed by atoms with Crippen molar-refractivity contribution in [2.24, 2.45) is 0 Å². The molecule has 0 unspecified atom stereocenters. The first-order valence-corrected chi connectivity index (χ1v) is 9.73. The van der Waals surface area contributed by atoms with Crippen LogP contribution in [0, 0.1) is 0 Å².